The smallest absolute Gasteiger partial charge is 0.275 e. The molecule has 7 nitrogen and oxygen atoms in total. The first-order chi connectivity index (χ1) is 11.5. The molecule has 0 aromatic heterocycles. The number of imide groups is 1. The number of phenolic OH excluding ortho intramolecular Hbond substituents is 1. The number of amides is 2. The molecule has 134 valence electrons. The predicted molar refractivity (Wildman–Crippen MR) is 92.8 cm³/mol. The molecule has 0 aliphatic carbocycles. The standard InChI is InChI=1S/C17H28N4O3/c1-2-3-4-5-6-7-12-20-21(17(24)15(18)19)16(23)13-8-10-14(22)11-9-13/h8-11,15,20,22H,2-7,12,18-19H2,1H3. The third kappa shape index (κ3) is 6.66. The lowest BCUT2D eigenvalue weighted by atomic mass is 10.1. The summed E-state index contributed by atoms with van der Waals surface area (Å²) in [6.45, 7) is 2.64. The normalized spacial score (nSPS) is 10.8. The van der Waals surface area contributed by atoms with Gasteiger partial charge in [0, 0.05) is 12.1 Å². The van der Waals surface area contributed by atoms with Crippen molar-refractivity contribution in [2.24, 2.45) is 11.5 Å². The fraction of sp³-hybridized carbons (Fsp3) is 0.529. The van der Waals surface area contributed by atoms with Crippen LogP contribution < -0.4 is 16.9 Å². The number of phenols is 1. The molecule has 1 rings (SSSR count). The van der Waals surface area contributed by atoms with Crippen LogP contribution in [0, 0.1) is 0 Å². The Balaban J connectivity index is 2.59. The molecule has 2 amide bonds. The molecule has 0 bridgehead atoms. The topological polar surface area (TPSA) is 122 Å². The number of hydrogen-bond donors (Lipinski definition) is 4. The van der Waals surface area contributed by atoms with Gasteiger partial charge in [-0.15, -0.1) is 0 Å². The van der Waals surface area contributed by atoms with Crippen LogP contribution in [0.1, 0.15) is 55.8 Å². The van der Waals surface area contributed by atoms with Gasteiger partial charge in [-0.05, 0) is 30.7 Å². The highest BCUT2D eigenvalue weighted by Gasteiger charge is 2.25. The largest absolute Gasteiger partial charge is 0.508 e. The number of nitrogens with two attached hydrogens (primary N) is 2. The number of benzene rings is 1. The molecular formula is C17H28N4O3. The quantitative estimate of drug-likeness (QED) is 0.292. The first-order valence-corrected chi connectivity index (χ1v) is 8.39. The Kier molecular flexibility index (Phi) is 8.99. The lowest BCUT2D eigenvalue weighted by molar-refractivity contribution is -0.132. The summed E-state index contributed by atoms with van der Waals surface area (Å²) in [6.07, 6.45) is 5.33. The van der Waals surface area contributed by atoms with Crippen molar-refractivity contribution in [3.05, 3.63) is 29.8 Å². The molecule has 0 unspecified atom stereocenters. The molecule has 0 radical (unpaired) electrons. The molecule has 24 heavy (non-hydrogen) atoms. The first kappa shape index (κ1) is 20.1. The van der Waals surface area contributed by atoms with Crippen LogP contribution in [0.15, 0.2) is 24.3 Å². The van der Waals surface area contributed by atoms with E-state index < -0.39 is 18.0 Å². The molecule has 1 aromatic carbocycles. The van der Waals surface area contributed by atoms with Crippen LogP contribution in [0.4, 0.5) is 0 Å². The Morgan fingerprint density at radius 1 is 1.08 bits per heavy atom. The fourth-order valence-corrected chi connectivity index (χ4v) is 2.23. The summed E-state index contributed by atoms with van der Waals surface area (Å²) in [5.74, 6) is -1.20. The number of carbonyl (C=O) groups excluding carboxylic acids is 2. The minimum absolute atomic E-state index is 0.0417. The Morgan fingerprint density at radius 2 is 1.67 bits per heavy atom. The van der Waals surface area contributed by atoms with Crippen molar-refractivity contribution in [1.82, 2.24) is 10.4 Å². The van der Waals surface area contributed by atoms with Crippen LogP contribution in [0.2, 0.25) is 0 Å². The number of aromatic hydroxyl groups is 1. The molecule has 0 saturated heterocycles. The van der Waals surface area contributed by atoms with Crippen molar-refractivity contribution in [1.29, 1.82) is 0 Å². The van der Waals surface area contributed by atoms with Crippen LogP contribution in [0.25, 0.3) is 0 Å². The average molecular weight is 336 g/mol. The lowest BCUT2D eigenvalue weighted by Gasteiger charge is -2.23. The molecule has 0 spiro atoms. The van der Waals surface area contributed by atoms with Gasteiger partial charge in [0.25, 0.3) is 11.8 Å². The molecule has 0 saturated carbocycles. The molecule has 0 fully saturated rings. The van der Waals surface area contributed by atoms with Gasteiger partial charge in [0.2, 0.25) is 0 Å². The maximum atomic E-state index is 12.5. The molecule has 0 atom stereocenters. The van der Waals surface area contributed by atoms with Crippen LogP contribution in [-0.4, -0.2) is 34.6 Å². The second-order valence-electron chi connectivity index (χ2n) is 5.73. The van der Waals surface area contributed by atoms with Crippen molar-refractivity contribution in [3.63, 3.8) is 0 Å². The lowest BCUT2D eigenvalue weighted by Crippen LogP contribution is -2.56. The highest BCUT2D eigenvalue weighted by molar-refractivity contribution is 6.05. The fourth-order valence-electron chi connectivity index (χ4n) is 2.23. The molecule has 0 aliphatic heterocycles. The van der Waals surface area contributed by atoms with Crippen molar-refractivity contribution < 1.29 is 14.7 Å². The maximum Gasteiger partial charge on any atom is 0.275 e. The molecule has 0 aliphatic rings. The van der Waals surface area contributed by atoms with Gasteiger partial charge in [-0.2, -0.15) is 0 Å². The second kappa shape index (κ2) is 10.7. The summed E-state index contributed by atoms with van der Waals surface area (Å²) in [5.41, 5.74) is 13.9. The van der Waals surface area contributed by atoms with E-state index in [-0.39, 0.29) is 11.3 Å². The van der Waals surface area contributed by atoms with E-state index >= 15 is 0 Å². The van der Waals surface area contributed by atoms with Crippen molar-refractivity contribution in [2.75, 3.05) is 6.54 Å². The van der Waals surface area contributed by atoms with Crippen LogP contribution in [0.5, 0.6) is 5.75 Å². The van der Waals surface area contributed by atoms with Gasteiger partial charge in [-0.1, -0.05) is 39.0 Å². The number of rotatable bonds is 10. The third-order valence-corrected chi connectivity index (χ3v) is 3.62. The Morgan fingerprint density at radius 3 is 2.25 bits per heavy atom. The Hall–Kier alpha value is -1.96. The van der Waals surface area contributed by atoms with Gasteiger partial charge in [0.05, 0.1) is 0 Å². The van der Waals surface area contributed by atoms with Crippen molar-refractivity contribution >= 4 is 11.8 Å². The van der Waals surface area contributed by atoms with Crippen LogP contribution in [0.3, 0.4) is 0 Å². The highest BCUT2D eigenvalue weighted by atomic mass is 16.3. The summed E-state index contributed by atoms with van der Waals surface area (Å²) >= 11 is 0. The van der Waals surface area contributed by atoms with Crippen LogP contribution >= 0.6 is 0 Å². The SMILES string of the molecule is CCCCCCCCNN(C(=O)c1ccc(O)cc1)C(=O)C(N)N. The van der Waals surface area contributed by atoms with E-state index in [2.05, 4.69) is 12.3 Å². The number of hydrogen-bond acceptors (Lipinski definition) is 6. The van der Waals surface area contributed by atoms with Gasteiger partial charge in [-0.3, -0.25) is 9.59 Å². The summed E-state index contributed by atoms with van der Waals surface area (Å²) in [7, 11) is 0. The van der Waals surface area contributed by atoms with Gasteiger partial charge >= 0.3 is 0 Å². The third-order valence-electron chi connectivity index (χ3n) is 3.62. The van der Waals surface area contributed by atoms with Gasteiger partial charge in [-0.25, -0.2) is 10.4 Å². The summed E-state index contributed by atoms with van der Waals surface area (Å²) in [5, 5.41) is 10.2. The number of carbonyl (C=O) groups is 2. The molecule has 1 aromatic rings. The zero-order valence-electron chi connectivity index (χ0n) is 14.2. The number of unbranched alkanes of at least 4 members (excludes halogenated alkanes) is 5. The number of hydrazine groups is 1. The Labute approximate surface area is 143 Å². The van der Waals surface area contributed by atoms with E-state index in [1.165, 1.54) is 43.5 Å². The molecule has 7 heteroatoms. The average Bonchev–Trinajstić information content (AvgIpc) is 2.57. The monoisotopic (exact) mass is 336 g/mol. The van der Waals surface area contributed by atoms with E-state index in [9.17, 15) is 14.7 Å². The van der Waals surface area contributed by atoms with Gasteiger partial charge < -0.3 is 16.6 Å². The predicted octanol–water partition coefficient (Wildman–Crippen LogP) is 1.47. The van der Waals surface area contributed by atoms with Crippen molar-refractivity contribution in [3.8, 4) is 5.75 Å². The molecular weight excluding hydrogens is 308 g/mol. The van der Waals surface area contributed by atoms with Gasteiger partial charge in [0.1, 0.15) is 11.9 Å². The highest BCUT2D eigenvalue weighted by Crippen LogP contribution is 2.11. The minimum Gasteiger partial charge on any atom is -0.508 e. The summed E-state index contributed by atoms with van der Waals surface area (Å²) < 4.78 is 0. The van der Waals surface area contributed by atoms with E-state index in [0.717, 1.165) is 24.3 Å². The second-order valence-corrected chi connectivity index (χ2v) is 5.73. The summed E-state index contributed by atoms with van der Waals surface area (Å²) in [4.78, 5) is 24.5. The Bertz CT molecular complexity index is 517. The minimum atomic E-state index is -1.27. The number of nitrogens with zero attached hydrogens (tertiary/aromatic N) is 1. The molecule has 6 N–H and O–H groups in total. The van der Waals surface area contributed by atoms with Crippen molar-refractivity contribution in [2.45, 2.75) is 51.6 Å². The maximum absolute atomic E-state index is 12.5. The van der Waals surface area contributed by atoms with E-state index in [4.69, 9.17) is 11.5 Å². The van der Waals surface area contributed by atoms with E-state index in [0.29, 0.717) is 6.54 Å². The van der Waals surface area contributed by atoms with E-state index in [1.807, 2.05) is 0 Å². The molecule has 0 heterocycles. The van der Waals surface area contributed by atoms with Gasteiger partial charge in [0.15, 0.2) is 0 Å². The van der Waals surface area contributed by atoms with E-state index in [1.54, 1.807) is 0 Å². The zero-order chi connectivity index (χ0) is 17.9. The van der Waals surface area contributed by atoms with Crippen LogP contribution in [-0.2, 0) is 4.79 Å². The zero-order valence-corrected chi connectivity index (χ0v) is 14.2. The number of nitrogens with one attached hydrogen (secondary N) is 1. The summed E-state index contributed by atoms with van der Waals surface area (Å²) in [6, 6.07) is 5.64. The first-order valence-electron chi connectivity index (χ1n) is 8.39.